The van der Waals surface area contributed by atoms with Crippen molar-refractivity contribution in [3.8, 4) is 5.75 Å². The standard InChI is InChI=1S/C14H17NO5/c1-2-5-19-14(18)7-15-11-6-10(8-16)3-4-12(11)20-9-13(15)17/h3-4,6,16H,2,5,7-9H2,1H3. The summed E-state index contributed by atoms with van der Waals surface area (Å²) in [5, 5.41) is 9.15. The van der Waals surface area contributed by atoms with Crippen molar-refractivity contribution in [1.82, 2.24) is 0 Å². The molecular formula is C14H17NO5. The highest BCUT2D eigenvalue weighted by Crippen LogP contribution is 2.32. The van der Waals surface area contributed by atoms with Crippen molar-refractivity contribution in [1.29, 1.82) is 0 Å². The number of ether oxygens (including phenoxy) is 2. The zero-order valence-corrected chi connectivity index (χ0v) is 11.3. The van der Waals surface area contributed by atoms with E-state index in [0.717, 1.165) is 6.42 Å². The van der Waals surface area contributed by atoms with Crippen molar-refractivity contribution in [2.24, 2.45) is 0 Å². The predicted molar refractivity (Wildman–Crippen MR) is 71.5 cm³/mol. The van der Waals surface area contributed by atoms with Crippen LogP contribution in [-0.2, 0) is 20.9 Å². The molecule has 1 aromatic rings. The average Bonchev–Trinajstić information content (AvgIpc) is 2.47. The number of rotatable bonds is 5. The second kappa shape index (κ2) is 6.38. The maximum absolute atomic E-state index is 11.9. The van der Waals surface area contributed by atoms with Crippen LogP contribution in [0.2, 0.25) is 0 Å². The van der Waals surface area contributed by atoms with E-state index in [-0.39, 0.29) is 25.7 Å². The van der Waals surface area contributed by atoms with Crippen LogP contribution < -0.4 is 9.64 Å². The first-order valence-electron chi connectivity index (χ1n) is 6.48. The first-order chi connectivity index (χ1) is 9.65. The zero-order valence-electron chi connectivity index (χ0n) is 11.3. The largest absolute Gasteiger partial charge is 0.482 e. The molecule has 6 nitrogen and oxygen atoms in total. The van der Waals surface area contributed by atoms with Crippen LogP contribution >= 0.6 is 0 Å². The Morgan fingerprint density at radius 3 is 3.00 bits per heavy atom. The molecule has 1 amide bonds. The van der Waals surface area contributed by atoms with Gasteiger partial charge in [0.15, 0.2) is 6.61 Å². The fourth-order valence-corrected chi connectivity index (χ4v) is 1.91. The number of hydrogen-bond donors (Lipinski definition) is 1. The molecule has 0 radical (unpaired) electrons. The van der Waals surface area contributed by atoms with Crippen LogP contribution in [0.15, 0.2) is 18.2 Å². The number of hydrogen-bond acceptors (Lipinski definition) is 5. The quantitative estimate of drug-likeness (QED) is 0.809. The highest BCUT2D eigenvalue weighted by atomic mass is 16.5. The van der Waals surface area contributed by atoms with Gasteiger partial charge >= 0.3 is 5.97 Å². The van der Waals surface area contributed by atoms with Crippen LogP contribution in [0.3, 0.4) is 0 Å². The third kappa shape index (κ3) is 3.08. The summed E-state index contributed by atoms with van der Waals surface area (Å²) in [6.07, 6.45) is 0.730. The Kier molecular flexibility index (Phi) is 4.57. The lowest BCUT2D eigenvalue weighted by atomic mass is 10.1. The Bertz CT molecular complexity index is 514. The van der Waals surface area contributed by atoms with Gasteiger partial charge in [-0.2, -0.15) is 0 Å². The Balaban J connectivity index is 2.20. The Morgan fingerprint density at radius 2 is 2.30 bits per heavy atom. The van der Waals surface area contributed by atoms with Crippen molar-refractivity contribution in [3.05, 3.63) is 23.8 Å². The zero-order chi connectivity index (χ0) is 14.5. The Labute approximate surface area is 116 Å². The summed E-state index contributed by atoms with van der Waals surface area (Å²) in [6, 6.07) is 5.03. The number of aliphatic hydroxyl groups excluding tert-OH is 1. The van der Waals surface area contributed by atoms with Gasteiger partial charge in [-0.1, -0.05) is 13.0 Å². The summed E-state index contributed by atoms with van der Waals surface area (Å²) in [7, 11) is 0. The number of benzene rings is 1. The van der Waals surface area contributed by atoms with Crippen molar-refractivity contribution in [2.75, 3.05) is 24.7 Å². The van der Waals surface area contributed by atoms with E-state index in [1.165, 1.54) is 4.90 Å². The summed E-state index contributed by atoms with van der Waals surface area (Å²) in [5.74, 6) is -0.242. The number of carbonyl (C=O) groups excluding carboxylic acids is 2. The normalized spacial score (nSPS) is 13.7. The molecule has 0 unspecified atom stereocenters. The summed E-state index contributed by atoms with van der Waals surface area (Å²) >= 11 is 0. The average molecular weight is 279 g/mol. The SMILES string of the molecule is CCCOC(=O)CN1C(=O)COc2ccc(CO)cc21. The predicted octanol–water partition coefficient (Wildman–Crippen LogP) is 0.857. The smallest absolute Gasteiger partial charge is 0.326 e. The van der Waals surface area contributed by atoms with Gasteiger partial charge in [0.25, 0.3) is 5.91 Å². The number of aliphatic hydroxyl groups is 1. The topological polar surface area (TPSA) is 76.1 Å². The van der Waals surface area contributed by atoms with Gasteiger partial charge in [0.2, 0.25) is 0 Å². The first kappa shape index (κ1) is 14.3. The van der Waals surface area contributed by atoms with Crippen molar-refractivity contribution in [3.63, 3.8) is 0 Å². The van der Waals surface area contributed by atoms with Gasteiger partial charge in [-0.25, -0.2) is 0 Å². The van der Waals surface area contributed by atoms with Crippen LogP contribution in [0.25, 0.3) is 0 Å². The van der Waals surface area contributed by atoms with Gasteiger partial charge in [0, 0.05) is 0 Å². The molecular weight excluding hydrogens is 262 g/mol. The number of esters is 1. The van der Waals surface area contributed by atoms with Gasteiger partial charge in [-0.15, -0.1) is 0 Å². The number of fused-ring (bicyclic) bond motifs is 1. The van der Waals surface area contributed by atoms with Crippen LogP contribution in [0.4, 0.5) is 5.69 Å². The lowest BCUT2D eigenvalue weighted by molar-refractivity contribution is -0.143. The summed E-state index contributed by atoms with van der Waals surface area (Å²) in [5.41, 5.74) is 1.13. The summed E-state index contributed by atoms with van der Waals surface area (Å²) < 4.78 is 10.3. The number of amides is 1. The van der Waals surface area contributed by atoms with Gasteiger partial charge in [-0.3, -0.25) is 14.5 Å². The number of nitrogens with zero attached hydrogens (tertiary/aromatic N) is 1. The van der Waals surface area contributed by atoms with Crippen LogP contribution in [0.5, 0.6) is 5.75 Å². The molecule has 0 saturated heterocycles. The molecule has 1 aliphatic heterocycles. The maximum atomic E-state index is 11.9. The first-order valence-corrected chi connectivity index (χ1v) is 6.48. The summed E-state index contributed by atoms with van der Waals surface area (Å²) in [6.45, 7) is 1.84. The van der Waals surface area contributed by atoms with Crippen molar-refractivity contribution < 1.29 is 24.2 Å². The van der Waals surface area contributed by atoms with Gasteiger partial charge in [0.05, 0.1) is 18.9 Å². The molecule has 1 N–H and O–H groups in total. The molecule has 0 saturated carbocycles. The molecule has 0 fully saturated rings. The molecule has 108 valence electrons. The second-order valence-corrected chi connectivity index (χ2v) is 4.45. The van der Waals surface area contributed by atoms with Gasteiger partial charge < -0.3 is 14.6 Å². The van der Waals surface area contributed by atoms with Crippen molar-refractivity contribution in [2.45, 2.75) is 20.0 Å². The van der Waals surface area contributed by atoms with E-state index in [9.17, 15) is 9.59 Å². The Morgan fingerprint density at radius 1 is 1.50 bits per heavy atom. The van der Waals surface area contributed by atoms with E-state index in [2.05, 4.69) is 0 Å². The van der Waals surface area contributed by atoms with Crippen LogP contribution in [-0.4, -0.2) is 36.7 Å². The lowest BCUT2D eigenvalue weighted by Crippen LogP contribution is -2.42. The fourth-order valence-electron chi connectivity index (χ4n) is 1.91. The minimum absolute atomic E-state index is 0.105. The molecule has 0 atom stereocenters. The van der Waals surface area contributed by atoms with E-state index < -0.39 is 5.97 Å². The molecule has 2 rings (SSSR count). The Hall–Kier alpha value is -2.08. The van der Waals surface area contributed by atoms with E-state index in [0.29, 0.717) is 23.6 Å². The molecule has 0 aliphatic carbocycles. The third-order valence-electron chi connectivity index (χ3n) is 2.90. The molecule has 1 heterocycles. The second-order valence-electron chi connectivity index (χ2n) is 4.45. The number of anilines is 1. The molecule has 1 aliphatic rings. The molecule has 0 bridgehead atoms. The molecule has 0 aromatic heterocycles. The lowest BCUT2D eigenvalue weighted by Gasteiger charge is -2.28. The molecule has 20 heavy (non-hydrogen) atoms. The van der Waals surface area contributed by atoms with Gasteiger partial charge in [-0.05, 0) is 24.1 Å². The molecule has 1 aromatic carbocycles. The van der Waals surface area contributed by atoms with E-state index >= 15 is 0 Å². The molecule has 0 spiro atoms. The highest BCUT2D eigenvalue weighted by molar-refractivity contribution is 6.01. The van der Waals surface area contributed by atoms with E-state index in [1.807, 2.05) is 6.92 Å². The third-order valence-corrected chi connectivity index (χ3v) is 2.90. The van der Waals surface area contributed by atoms with Gasteiger partial charge in [0.1, 0.15) is 12.3 Å². The van der Waals surface area contributed by atoms with Crippen LogP contribution in [0.1, 0.15) is 18.9 Å². The fraction of sp³-hybridized carbons (Fsp3) is 0.429. The summed E-state index contributed by atoms with van der Waals surface area (Å²) in [4.78, 5) is 24.9. The minimum atomic E-state index is -0.456. The van der Waals surface area contributed by atoms with Crippen molar-refractivity contribution >= 4 is 17.6 Å². The van der Waals surface area contributed by atoms with E-state index in [1.54, 1.807) is 18.2 Å². The highest BCUT2D eigenvalue weighted by Gasteiger charge is 2.28. The monoisotopic (exact) mass is 279 g/mol. The van der Waals surface area contributed by atoms with E-state index in [4.69, 9.17) is 14.6 Å². The molecule has 6 heteroatoms. The number of carbonyl (C=O) groups is 2. The van der Waals surface area contributed by atoms with Crippen LogP contribution in [0, 0.1) is 0 Å². The maximum Gasteiger partial charge on any atom is 0.326 e. The minimum Gasteiger partial charge on any atom is -0.482 e.